The Morgan fingerprint density at radius 2 is 1.78 bits per heavy atom. The molecule has 18 heavy (non-hydrogen) atoms. The summed E-state index contributed by atoms with van der Waals surface area (Å²) < 4.78 is 0. The van der Waals surface area contributed by atoms with Crippen molar-refractivity contribution in [2.45, 2.75) is 58.8 Å². The van der Waals surface area contributed by atoms with E-state index in [1.807, 2.05) is 12.1 Å². The van der Waals surface area contributed by atoms with Crippen LogP contribution in [0.4, 0.5) is 0 Å². The molecular formula is C18H26. The van der Waals surface area contributed by atoms with Gasteiger partial charge in [0.05, 0.1) is 0 Å². The van der Waals surface area contributed by atoms with Crippen molar-refractivity contribution in [1.29, 1.82) is 0 Å². The lowest BCUT2D eigenvalue weighted by Crippen LogP contribution is -1.94. The SMILES string of the molecule is C#Cc1ccc(CCCCCC(C)CCC)cc1. The normalized spacial score (nSPS) is 12.1. The van der Waals surface area contributed by atoms with Gasteiger partial charge in [-0.1, -0.05) is 64.0 Å². The van der Waals surface area contributed by atoms with E-state index in [2.05, 4.69) is 31.9 Å². The van der Waals surface area contributed by atoms with Crippen LogP contribution in [-0.2, 0) is 6.42 Å². The summed E-state index contributed by atoms with van der Waals surface area (Å²) in [5.41, 5.74) is 2.39. The number of rotatable bonds is 8. The Balaban J connectivity index is 2.12. The third kappa shape index (κ3) is 5.92. The van der Waals surface area contributed by atoms with Gasteiger partial charge >= 0.3 is 0 Å². The van der Waals surface area contributed by atoms with Crippen LogP contribution < -0.4 is 0 Å². The summed E-state index contributed by atoms with van der Waals surface area (Å²) in [4.78, 5) is 0. The monoisotopic (exact) mass is 242 g/mol. The number of benzene rings is 1. The molecule has 0 bridgehead atoms. The number of terminal acetylenes is 1. The van der Waals surface area contributed by atoms with Gasteiger partial charge in [0.25, 0.3) is 0 Å². The van der Waals surface area contributed by atoms with Gasteiger partial charge in [-0.25, -0.2) is 0 Å². The van der Waals surface area contributed by atoms with Gasteiger partial charge in [-0.05, 0) is 36.5 Å². The van der Waals surface area contributed by atoms with Crippen LogP contribution >= 0.6 is 0 Å². The summed E-state index contributed by atoms with van der Waals surface area (Å²) in [6.45, 7) is 4.65. The van der Waals surface area contributed by atoms with E-state index in [9.17, 15) is 0 Å². The van der Waals surface area contributed by atoms with Crippen LogP contribution in [0.1, 0.15) is 63.5 Å². The summed E-state index contributed by atoms with van der Waals surface area (Å²) in [5.74, 6) is 3.56. The van der Waals surface area contributed by atoms with Crippen LogP contribution in [0.3, 0.4) is 0 Å². The number of hydrogen-bond acceptors (Lipinski definition) is 0. The number of aryl methyl sites for hydroxylation is 1. The maximum atomic E-state index is 5.34. The lowest BCUT2D eigenvalue weighted by Gasteiger charge is -2.09. The summed E-state index contributed by atoms with van der Waals surface area (Å²) in [5, 5.41) is 0. The minimum Gasteiger partial charge on any atom is -0.115 e. The van der Waals surface area contributed by atoms with Crippen molar-refractivity contribution >= 4 is 0 Å². The Morgan fingerprint density at radius 1 is 1.06 bits per heavy atom. The quantitative estimate of drug-likeness (QED) is 0.434. The predicted molar refractivity (Wildman–Crippen MR) is 80.6 cm³/mol. The fraction of sp³-hybridized carbons (Fsp3) is 0.556. The molecule has 0 heterocycles. The first-order chi connectivity index (χ1) is 8.76. The van der Waals surface area contributed by atoms with Crippen LogP contribution in [-0.4, -0.2) is 0 Å². The molecule has 0 fully saturated rings. The molecular weight excluding hydrogens is 216 g/mol. The molecule has 0 amide bonds. The lowest BCUT2D eigenvalue weighted by atomic mass is 9.97. The van der Waals surface area contributed by atoms with Crippen molar-refractivity contribution < 1.29 is 0 Å². The Bertz CT molecular complexity index is 353. The van der Waals surface area contributed by atoms with E-state index < -0.39 is 0 Å². The zero-order chi connectivity index (χ0) is 13.2. The fourth-order valence-corrected chi connectivity index (χ4v) is 2.40. The second kappa shape index (κ2) is 8.81. The summed E-state index contributed by atoms with van der Waals surface area (Å²) in [7, 11) is 0. The van der Waals surface area contributed by atoms with Crippen LogP contribution in [0, 0.1) is 18.3 Å². The zero-order valence-electron chi connectivity index (χ0n) is 11.9. The zero-order valence-corrected chi connectivity index (χ0v) is 11.9. The van der Waals surface area contributed by atoms with Crippen molar-refractivity contribution in [1.82, 2.24) is 0 Å². The van der Waals surface area contributed by atoms with Crippen molar-refractivity contribution in [2.24, 2.45) is 5.92 Å². The first kappa shape index (κ1) is 14.8. The highest BCUT2D eigenvalue weighted by Gasteiger charge is 2.00. The van der Waals surface area contributed by atoms with Crippen LogP contribution in [0.15, 0.2) is 24.3 Å². The van der Waals surface area contributed by atoms with E-state index in [0.717, 1.165) is 11.5 Å². The van der Waals surface area contributed by atoms with E-state index in [1.165, 1.54) is 50.5 Å². The molecule has 0 aliphatic rings. The van der Waals surface area contributed by atoms with Gasteiger partial charge in [-0.3, -0.25) is 0 Å². The van der Waals surface area contributed by atoms with Gasteiger partial charge in [-0.15, -0.1) is 6.42 Å². The smallest absolute Gasteiger partial charge is 0.0242 e. The molecule has 0 aliphatic heterocycles. The molecule has 1 aromatic rings. The van der Waals surface area contributed by atoms with Crippen LogP contribution in [0.5, 0.6) is 0 Å². The predicted octanol–water partition coefficient (Wildman–Crippen LogP) is 5.21. The van der Waals surface area contributed by atoms with E-state index in [0.29, 0.717) is 0 Å². The lowest BCUT2D eigenvalue weighted by molar-refractivity contribution is 0.456. The minimum atomic E-state index is 0.907. The first-order valence-corrected chi connectivity index (χ1v) is 7.31. The summed E-state index contributed by atoms with van der Waals surface area (Å²) in [6.07, 6.45) is 14.7. The topological polar surface area (TPSA) is 0 Å². The van der Waals surface area contributed by atoms with Gasteiger partial charge in [0.1, 0.15) is 0 Å². The maximum absolute atomic E-state index is 5.34. The average Bonchev–Trinajstić information content (AvgIpc) is 2.39. The molecule has 0 heteroatoms. The van der Waals surface area contributed by atoms with E-state index >= 15 is 0 Å². The summed E-state index contributed by atoms with van der Waals surface area (Å²) in [6, 6.07) is 8.40. The molecule has 0 N–H and O–H groups in total. The van der Waals surface area contributed by atoms with Crippen LogP contribution in [0.25, 0.3) is 0 Å². The first-order valence-electron chi connectivity index (χ1n) is 7.31. The highest BCUT2D eigenvalue weighted by molar-refractivity contribution is 5.34. The third-order valence-corrected chi connectivity index (χ3v) is 3.56. The summed E-state index contributed by atoms with van der Waals surface area (Å²) >= 11 is 0. The van der Waals surface area contributed by atoms with E-state index in [-0.39, 0.29) is 0 Å². The molecule has 0 nitrogen and oxygen atoms in total. The van der Waals surface area contributed by atoms with Gasteiger partial charge < -0.3 is 0 Å². The number of hydrogen-bond donors (Lipinski definition) is 0. The molecule has 0 spiro atoms. The van der Waals surface area contributed by atoms with Gasteiger partial charge in [0.2, 0.25) is 0 Å². The number of unbranched alkanes of at least 4 members (excludes halogenated alkanes) is 2. The second-order valence-electron chi connectivity index (χ2n) is 5.33. The maximum Gasteiger partial charge on any atom is 0.0242 e. The van der Waals surface area contributed by atoms with Gasteiger partial charge in [0.15, 0.2) is 0 Å². The largest absolute Gasteiger partial charge is 0.115 e. The molecule has 0 aromatic heterocycles. The Hall–Kier alpha value is -1.22. The van der Waals surface area contributed by atoms with Crippen LogP contribution in [0.2, 0.25) is 0 Å². The third-order valence-electron chi connectivity index (χ3n) is 3.56. The molecule has 0 saturated carbocycles. The van der Waals surface area contributed by atoms with E-state index in [4.69, 9.17) is 6.42 Å². The molecule has 0 radical (unpaired) electrons. The average molecular weight is 242 g/mol. The molecule has 1 atom stereocenters. The Morgan fingerprint density at radius 3 is 2.39 bits per heavy atom. The fourth-order valence-electron chi connectivity index (χ4n) is 2.40. The van der Waals surface area contributed by atoms with Gasteiger partial charge in [-0.2, -0.15) is 0 Å². The highest BCUT2D eigenvalue weighted by atomic mass is 14.1. The second-order valence-corrected chi connectivity index (χ2v) is 5.33. The standard InChI is InChI=1S/C18H26/c1-4-9-16(3)10-7-6-8-11-18-14-12-17(5-2)13-15-18/h2,12-16H,4,6-11H2,1,3H3. The molecule has 0 aliphatic carbocycles. The van der Waals surface area contributed by atoms with E-state index in [1.54, 1.807) is 0 Å². The molecule has 0 saturated heterocycles. The molecule has 1 unspecified atom stereocenters. The van der Waals surface area contributed by atoms with Crippen molar-refractivity contribution in [3.05, 3.63) is 35.4 Å². The minimum absolute atomic E-state index is 0.907. The molecule has 1 rings (SSSR count). The Labute approximate surface area is 113 Å². The van der Waals surface area contributed by atoms with Crippen molar-refractivity contribution in [2.75, 3.05) is 0 Å². The molecule has 1 aromatic carbocycles. The Kier molecular flexibility index (Phi) is 7.26. The molecule has 98 valence electrons. The highest BCUT2D eigenvalue weighted by Crippen LogP contribution is 2.15. The van der Waals surface area contributed by atoms with Crippen molar-refractivity contribution in [3.63, 3.8) is 0 Å². The van der Waals surface area contributed by atoms with Crippen molar-refractivity contribution in [3.8, 4) is 12.3 Å². The van der Waals surface area contributed by atoms with Gasteiger partial charge in [0, 0.05) is 5.56 Å².